The van der Waals surface area contributed by atoms with E-state index in [1.807, 2.05) is 12.3 Å². The van der Waals surface area contributed by atoms with E-state index >= 15 is 0 Å². The lowest BCUT2D eigenvalue weighted by atomic mass is 9.96. The molecule has 3 heterocycles. The van der Waals surface area contributed by atoms with Gasteiger partial charge in [-0.2, -0.15) is 0 Å². The van der Waals surface area contributed by atoms with Crippen LogP contribution in [0.1, 0.15) is 25.6 Å². The molecule has 1 atom stereocenters. The minimum atomic E-state index is 0.723. The Morgan fingerprint density at radius 3 is 3.22 bits per heavy atom. The summed E-state index contributed by atoms with van der Waals surface area (Å²) >= 11 is 0. The van der Waals surface area contributed by atoms with Crippen molar-refractivity contribution in [2.24, 2.45) is 5.92 Å². The van der Waals surface area contributed by atoms with Crippen LogP contribution in [-0.4, -0.2) is 27.6 Å². The number of rotatable bonds is 3. The van der Waals surface area contributed by atoms with Crippen molar-refractivity contribution in [1.29, 1.82) is 0 Å². The standard InChI is InChI=1S/C14H20N4/c1-2-18-13(9-11-5-3-7-15-10-11)17-12-6-4-8-16-14(12)18/h4,6,8,11,15H,2-3,5,7,9-10H2,1H3. The Labute approximate surface area is 107 Å². The first-order chi connectivity index (χ1) is 8.88. The van der Waals surface area contributed by atoms with Gasteiger partial charge in [0.1, 0.15) is 11.3 Å². The number of hydrogen-bond acceptors (Lipinski definition) is 3. The van der Waals surface area contributed by atoms with Gasteiger partial charge in [0.25, 0.3) is 0 Å². The molecular formula is C14H20N4. The Bertz CT molecular complexity index is 526. The lowest BCUT2D eigenvalue weighted by Gasteiger charge is -2.22. The van der Waals surface area contributed by atoms with Gasteiger partial charge < -0.3 is 9.88 Å². The highest BCUT2D eigenvalue weighted by molar-refractivity contribution is 5.71. The Morgan fingerprint density at radius 2 is 2.44 bits per heavy atom. The molecule has 0 spiro atoms. The zero-order chi connectivity index (χ0) is 12.4. The zero-order valence-corrected chi connectivity index (χ0v) is 10.9. The fourth-order valence-electron chi connectivity index (χ4n) is 2.85. The highest BCUT2D eigenvalue weighted by Crippen LogP contribution is 2.19. The lowest BCUT2D eigenvalue weighted by molar-refractivity contribution is 0.367. The van der Waals surface area contributed by atoms with Gasteiger partial charge in [-0.3, -0.25) is 0 Å². The summed E-state index contributed by atoms with van der Waals surface area (Å²) in [6.45, 7) is 5.41. The number of imidazole rings is 1. The largest absolute Gasteiger partial charge is 0.316 e. The topological polar surface area (TPSA) is 42.7 Å². The van der Waals surface area contributed by atoms with E-state index in [1.165, 1.54) is 25.2 Å². The van der Waals surface area contributed by atoms with Crippen LogP contribution in [0.25, 0.3) is 11.2 Å². The minimum absolute atomic E-state index is 0.723. The van der Waals surface area contributed by atoms with E-state index in [2.05, 4.69) is 27.9 Å². The quantitative estimate of drug-likeness (QED) is 0.898. The highest BCUT2D eigenvalue weighted by Gasteiger charge is 2.18. The van der Waals surface area contributed by atoms with Crippen molar-refractivity contribution in [3.05, 3.63) is 24.2 Å². The van der Waals surface area contributed by atoms with Crippen LogP contribution in [0, 0.1) is 5.92 Å². The minimum Gasteiger partial charge on any atom is -0.316 e. The molecule has 1 N–H and O–H groups in total. The van der Waals surface area contributed by atoms with Crippen molar-refractivity contribution in [3.63, 3.8) is 0 Å². The number of aromatic nitrogens is 3. The lowest BCUT2D eigenvalue weighted by Crippen LogP contribution is -2.31. The van der Waals surface area contributed by atoms with Gasteiger partial charge in [0.05, 0.1) is 0 Å². The molecule has 18 heavy (non-hydrogen) atoms. The molecule has 1 fully saturated rings. The summed E-state index contributed by atoms with van der Waals surface area (Å²) in [5, 5.41) is 3.47. The Balaban J connectivity index is 1.90. The molecule has 0 amide bonds. The molecule has 1 saturated heterocycles. The first kappa shape index (κ1) is 11.7. The van der Waals surface area contributed by atoms with Gasteiger partial charge in [0.2, 0.25) is 0 Å². The van der Waals surface area contributed by atoms with Crippen LogP contribution in [0.15, 0.2) is 18.3 Å². The third-order valence-electron chi connectivity index (χ3n) is 3.77. The molecule has 4 heteroatoms. The molecule has 1 aliphatic rings. The molecule has 0 bridgehead atoms. The molecule has 4 nitrogen and oxygen atoms in total. The molecular weight excluding hydrogens is 224 g/mol. The molecule has 0 aromatic carbocycles. The second kappa shape index (κ2) is 5.06. The normalized spacial score (nSPS) is 20.4. The second-order valence-electron chi connectivity index (χ2n) is 5.03. The molecule has 1 unspecified atom stereocenters. The summed E-state index contributed by atoms with van der Waals surface area (Å²) < 4.78 is 2.25. The van der Waals surface area contributed by atoms with Gasteiger partial charge in [-0.25, -0.2) is 9.97 Å². The number of fused-ring (bicyclic) bond motifs is 1. The van der Waals surface area contributed by atoms with Gasteiger partial charge in [0, 0.05) is 19.2 Å². The molecule has 2 aromatic rings. The van der Waals surface area contributed by atoms with Crippen molar-refractivity contribution in [2.75, 3.05) is 13.1 Å². The predicted molar refractivity (Wildman–Crippen MR) is 72.5 cm³/mol. The third kappa shape index (κ3) is 2.12. The van der Waals surface area contributed by atoms with Crippen molar-refractivity contribution in [3.8, 4) is 0 Å². The molecule has 96 valence electrons. The van der Waals surface area contributed by atoms with E-state index in [0.717, 1.165) is 36.6 Å². The summed E-state index contributed by atoms with van der Waals surface area (Å²) in [6.07, 6.45) is 5.52. The smallest absolute Gasteiger partial charge is 0.159 e. The van der Waals surface area contributed by atoms with Crippen LogP contribution in [0.4, 0.5) is 0 Å². The van der Waals surface area contributed by atoms with Crippen LogP contribution in [-0.2, 0) is 13.0 Å². The molecule has 0 saturated carbocycles. The van der Waals surface area contributed by atoms with Gasteiger partial charge in [-0.1, -0.05) is 0 Å². The van der Waals surface area contributed by atoms with Crippen LogP contribution in [0.5, 0.6) is 0 Å². The first-order valence-corrected chi connectivity index (χ1v) is 6.89. The third-order valence-corrected chi connectivity index (χ3v) is 3.77. The highest BCUT2D eigenvalue weighted by atomic mass is 15.1. The van der Waals surface area contributed by atoms with Crippen LogP contribution in [0.2, 0.25) is 0 Å². The van der Waals surface area contributed by atoms with Crippen LogP contribution >= 0.6 is 0 Å². The summed E-state index contributed by atoms with van der Waals surface area (Å²) in [4.78, 5) is 9.20. The van der Waals surface area contributed by atoms with Crippen molar-refractivity contribution < 1.29 is 0 Å². The Hall–Kier alpha value is -1.42. The first-order valence-electron chi connectivity index (χ1n) is 6.89. The fraction of sp³-hybridized carbons (Fsp3) is 0.571. The molecule has 3 rings (SSSR count). The molecule has 2 aromatic heterocycles. The number of hydrogen-bond donors (Lipinski definition) is 1. The SMILES string of the molecule is CCn1c(CC2CCCNC2)nc2cccnc21. The van der Waals surface area contributed by atoms with Gasteiger partial charge >= 0.3 is 0 Å². The fourth-order valence-corrected chi connectivity index (χ4v) is 2.85. The summed E-state index contributed by atoms with van der Waals surface area (Å²) in [6, 6.07) is 4.01. The van der Waals surface area contributed by atoms with E-state index in [-0.39, 0.29) is 0 Å². The maximum Gasteiger partial charge on any atom is 0.159 e. The maximum atomic E-state index is 4.75. The average molecular weight is 244 g/mol. The molecule has 0 radical (unpaired) electrons. The second-order valence-corrected chi connectivity index (χ2v) is 5.03. The van der Waals surface area contributed by atoms with Gasteiger partial charge in [-0.15, -0.1) is 0 Å². The van der Waals surface area contributed by atoms with Crippen molar-refractivity contribution in [2.45, 2.75) is 32.7 Å². The van der Waals surface area contributed by atoms with E-state index in [4.69, 9.17) is 4.98 Å². The van der Waals surface area contributed by atoms with E-state index in [0.29, 0.717) is 0 Å². The summed E-state index contributed by atoms with van der Waals surface area (Å²) in [5.41, 5.74) is 2.05. The number of nitrogens with one attached hydrogen (secondary N) is 1. The molecule has 0 aliphatic carbocycles. The van der Waals surface area contributed by atoms with E-state index in [9.17, 15) is 0 Å². The molecule has 1 aliphatic heterocycles. The number of nitrogens with zero attached hydrogens (tertiary/aromatic N) is 3. The monoisotopic (exact) mass is 244 g/mol. The van der Waals surface area contributed by atoms with E-state index < -0.39 is 0 Å². The average Bonchev–Trinajstić information content (AvgIpc) is 2.77. The summed E-state index contributed by atoms with van der Waals surface area (Å²) in [7, 11) is 0. The van der Waals surface area contributed by atoms with Gasteiger partial charge in [-0.05, 0) is 50.9 Å². The zero-order valence-electron chi connectivity index (χ0n) is 10.9. The Morgan fingerprint density at radius 1 is 1.50 bits per heavy atom. The number of piperidine rings is 1. The van der Waals surface area contributed by atoms with Crippen LogP contribution < -0.4 is 5.32 Å². The van der Waals surface area contributed by atoms with Gasteiger partial charge in [0.15, 0.2) is 5.65 Å². The van der Waals surface area contributed by atoms with Crippen molar-refractivity contribution >= 4 is 11.2 Å². The number of aryl methyl sites for hydroxylation is 1. The van der Waals surface area contributed by atoms with E-state index in [1.54, 1.807) is 0 Å². The maximum absolute atomic E-state index is 4.75. The number of pyridine rings is 1. The summed E-state index contributed by atoms with van der Waals surface area (Å²) in [5.74, 6) is 1.92. The Kier molecular flexibility index (Phi) is 3.28. The van der Waals surface area contributed by atoms with Crippen molar-refractivity contribution in [1.82, 2.24) is 19.9 Å². The van der Waals surface area contributed by atoms with Crippen LogP contribution in [0.3, 0.4) is 0 Å². The predicted octanol–water partition coefficient (Wildman–Crippen LogP) is 1.99.